The van der Waals surface area contributed by atoms with Gasteiger partial charge >= 0.3 is 5.91 Å². The predicted octanol–water partition coefficient (Wildman–Crippen LogP) is 6.33. The molecule has 0 atom stereocenters. The summed E-state index contributed by atoms with van der Waals surface area (Å²) >= 11 is 9.61. The molecule has 1 amide bonds. The normalized spacial score (nSPS) is 11.5. The van der Waals surface area contributed by atoms with Crippen molar-refractivity contribution in [2.45, 2.75) is 20.8 Å². The fourth-order valence-corrected chi connectivity index (χ4v) is 4.00. The van der Waals surface area contributed by atoms with Crippen LogP contribution in [-0.2, 0) is 0 Å². The summed E-state index contributed by atoms with van der Waals surface area (Å²) in [4.78, 5) is 12.4. The van der Waals surface area contributed by atoms with Crippen LogP contribution in [0.3, 0.4) is 0 Å². The molecular weight excluding hydrogens is 466 g/mol. The van der Waals surface area contributed by atoms with E-state index in [-0.39, 0.29) is 5.76 Å². The van der Waals surface area contributed by atoms with Crippen LogP contribution in [0.4, 0.5) is 0 Å². The van der Waals surface area contributed by atoms with Gasteiger partial charge < -0.3 is 8.98 Å². The Labute approximate surface area is 187 Å². The molecule has 0 unspecified atom stereocenters. The minimum absolute atomic E-state index is 0.209. The zero-order chi connectivity index (χ0) is 21.4. The average Bonchev–Trinajstić information content (AvgIpc) is 3.24. The zero-order valence-corrected chi connectivity index (χ0v) is 19.0. The van der Waals surface area contributed by atoms with Crippen molar-refractivity contribution in [3.05, 3.63) is 86.3 Å². The average molecular weight is 485 g/mol. The van der Waals surface area contributed by atoms with Gasteiger partial charge in [-0.25, -0.2) is 5.43 Å². The lowest BCUT2D eigenvalue weighted by Crippen LogP contribution is -2.16. The molecule has 2 heterocycles. The zero-order valence-electron chi connectivity index (χ0n) is 16.7. The van der Waals surface area contributed by atoms with Gasteiger partial charge in [-0.2, -0.15) is 5.10 Å². The molecule has 2 aromatic carbocycles. The van der Waals surface area contributed by atoms with Gasteiger partial charge in [0.15, 0.2) is 5.76 Å². The molecule has 0 saturated heterocycles. The number of nitrogens with zero attached hydrogens (tertiary/aromatic N) is 2. The van der Waals surface area contributed by atoms with Crippen molar-refractivity contribution in [1.29, 1.82) is 0 Å². The third-order valence-corrected chi connectivity index (χ3v) is 5.68. The quantitative estimate of drug-likeness (QED) is 0.272. The molecule has 0 spiro atoms. The van der Waals surface area contributed by atoms with Crippen molar-refractivity contribution in [2.75, 3.05) is 0 Å². The highest BCUT2D eigenvalue weighted by molar-refractivity contribution is 9.10. The first-order valence-corrected chi connectivity index (χ1v) is 10.5. The third kappa shape index (κ3) is 3.93. The van der Waals surface area contributed by atoms with Crippen LogP contribution in [0.25, 0.3) is 16.7 Å². The molecule has 4 aromatic rings. The summed E-state index contributed by atoms with van der Waals surface area (Å²) in [5, 5.41) is 5.65. The lowest BCUT2D eigenvalue weighted by Gasteiger charge is -2.13. The first-order chi connectivity index (χ1) is 14.3. The molecule has 0 saturated carbocycles. The molecule has 30 heavy (non-hydrogen) atoms. The number of amides is 1. The summed E-state index contributed by atoms with van der Waals surface area (Å²) in [7, 11) is 0. The molecule has 1 N–H and O–H groups in total. The molecule has 0 fully saturated rings. The molecule has 0 aliphatic heterocycles. The molecular formula is C23H19BrClN3O2. The summed E-state index contributed by atoms with van der Waals surface area (Å²) in [5.41, 5.74) is 8.28. The Morgan fingerprint density at radius 2 is 1.93 bits per heavy atom. The van der Waals surface area contributed by atoms with Gasteiger partial charge in [0.2, 0.25) is 0 Å². The largest absolute Gasteiger partial charge is 0.451 e. The first-order valence-electron chi connectivity index (χ1n) is 9.31. The van der Waals surface area contributed by atoms with Crippen LogP contribution < -0.4 is 5.43 Å². The Kier molecular flexibility index (Phi) is 5.54. The van der Waals surface area contributed by atoms with Crippen LogP contribution in [-0.4, -0.2) is 16.7 Å². The third-order valence-electron chi connectivity index (χ3n) is 4.95. The number of benzene rings is 2. The fourth-order valence-electron chi connectivity index (χ4n) is 3.45. The van der Waals surface area contributed by atoms with Crippen molar-refractivity contribution in [3.8, 4) is 5.69 Å². The van der Waals surface area contributed by atoms with Gasteiger partial charge in [-0.3, -0.25) is 4.79 Å². The second-order valence-electron chi connectivity index (χ2n) is 7.08. The maximum atomic E-state index is 12.4. The van der Waals surface area contributed by atoms with E-state index >= 15 is 0 Å². The van der Waals surface area contributed by atoms with Gasteiger partial charge in [0.05, 0.1) is 6.21 Å². The van der Waals surface area contributed by atoms with Crippen molar-refractivity contribution >= 4 is 50.6 Å². The Morgan fingerprint density at radius 3 is 2.73 bits per heavy atom. The minimum atomic E-state index is -0.405. The number of hydrazone groups is 1. The highest BCUT2D eigenvalue weighted by Gasteiger charge is 2.14. The van der Waals surface area contributed by atoms with Gasteiger partial charge in [-0.15, -0.1) is 0 Å². The summed E-state index contributed by atoms with van der Waals surface area (Å²) in [6, 6.07) is 15.1. The predicted molar refractivity (Wildman–Crippen MR) is 124 cm³/mol. The standard InChI is InChI=1S/C23H19BrClN3O2/c1-13-4-6-19(25)11-20(13)28-14(2)8-17(15(28)3)12-26-27-23(29)22-10-16-9-18(24)5-7-21(16)30-22/h4-12H,1-3H3,(H,27,29)/b26-12+. The molecule has 5 nitrogen and oxygen atoms in total. The van der Waals surface area contributed by atoms with Crippen LogP contribution in [0.15, 0.2) is 62.5 Å². The molecule has 0 aliphatic carbocycles. The van der Waals surface area contributed by atoms with Crippen LogP contribution in [0, 0.1) is 20.8 Å². The number of halogens is 2. The molecule has 7 heteroatoms. The van der Waals surface area contributed by atoms with E-state index in [9.17, 15) is 4.79 Å². The number of carbonyl (C=O) groups is 1. The van der Waals surface area contributed by atoms with Gasteiger partial charge in [0, 0.05) is 37.5 Å². The molecule has 0 radical (unpaired) electrons. The molecule has 4 rings (SSSR count). The van der Waals surface area contributed by atoms with Gasteiger partial charge in [0.25, 0.3) is 0 Å². The van der Waals surface area contributed by atoms with Crippen molar-refractivity contribution in [2.24, 2.45) is 5.10 Å². The van der Waals surface area contributed by atoms with E-state index in [1.807, 2.05) is 63.2 Å². The number of hydrogen-bond donors (Lipinski definition) is 1. The number of aryl methyl sites for hydroxylation is 2. The van der Waals surface area contributed by atoms with Gasteiger partial charge in [-0.1, -0.05) is 33.6 Å². The van der Waals surface area contributed by atoms with E-state index in [2.05, 4.69) is 31.0 Å². The van der Waals surface area contributed by atoms with E-state index < -0.39 is 5.91 Å². The Bertz CT molecular complexity index is 1300. The number of hydrogen-bond acceptors (Lipinski definition) is 3. The minimum Gasteiger partial charge on any atom is -0.451 e. The van der Waals surface area contributed by atoms with Crippen LogP contribution >= 0.6 is 27.5 Å². The maximum absolute atomic E-state index is 12.4. The van der Waals surface area contributed by atoms with Crippen molar-refractivity contribution in [3.63, 3.8) is 0 Å². The number of rotatable bonds is 4. The number of aromatic nitrogens is 1. The van der Waals surface area contributed by atoms with Crippen LogP contribution in [0.2, 0.25) is 5.02 Å². The molecule has 0 bridgehead atoms. The molecule has 152 valence electrons. The van der Waals surface area contributed by atoms with E-state index in [1.54, 1.807) is 12.3 Å². The van der Waals surface area contributed by atoms with Crippen LogP contribution in [0.1, 0.15) is 33.1 Å². The highest BCUT2D eigenvalue weighted by atomic mass is 79.9. The number of fused-ring (bicyclic) bond motifs is 1. The summed E-state index contributed by atoms with van der Waals surface area (Å²) in [6.45, 7) is 6.08. The van der Waals surface area contributed by atoms with E-state index in [4.69, 9.17) is 16.0 Å². The fraction of sp³-hybridized carbons (Fsp3) is 0.130. The van der Waals surface area contributed by atoms with Crippen molar-refractivity contribution in [1.82, 2.24) is 9.99 Å². The second-order valence-corrected chi connectivity index (χ2v) is 8.44. The summed E-state index contributed by atoms with van der Waals surface area (Å²) in [5.74, 6) is -0.196. The number of nitrogens with one attached hydrogen (secondary N) is 1. The maximum Gasteiger partial charge on any atom is 0.307 e. The number of carbonyl (C=O) groups excluding carboxylic acids is 1. The first kappa shape index (κ1) is 20.4. The van der Waals surface area contributed by atoms with Gasteiger partial charge in [0.1, 0.15) is 5.58 Å². The van der Waals surface area contributed by atoms with E-state index in [0.29, 0.717) is 10.6 Å². The Balaban J connectivity index is 1.55. The Morgan fingerprint density at radius 1 is 1.13 bits per heavy atom. The molecule has 2 aromatic heterocycles. The lowest BCUT2D eigenvalue weighted by molar-refractivity contribution is 0.0929. The van der Waals surface area contributed by atoms with E-state index in [0.717, 1.165) is 38.1 Å². The van der Waals surface area contributed by atoms with E-state index in [1.165, 1.54) is 0 Å². The highest BCUT2D eigenvalue weighted by Crippen LogP contribution is 2.25. The smallest absolute Gasteiger partial charge is 0.307 e. The second kappa shape index (κ2) is 8.13. The lowest BCUT2D eigenvalue weighted by atomic mass is 10.2. The SMILES string of the molecule is Cc1ccc(Cl)cc1-n1c(C)cc(/C=N/NC(=O)c2cc3cc(Br)ccc3o2)c1C. The van der Waals surface area contributed by atoms with Gasteiger partial charge in [-0.05, 0) is 68.8 Å². The van der Waals surface area contributed by atoms with Crippen LogP contribution in [0.5, 0.6) is 0 Å². The number of furan rings is 1. The Hall–Kier alpha value is -2.83. The van der Waals surface area contributed by atoms with Crippen molar-refractivity contribution < 1.29 is 9.21 Å². The topological polar surface area (TPSA) is 59.5 Å². The molecule has 0 aliphatic rings. The monoisotopic (exact) mass is 483 g/mol. The summed E-state index contributed by atoms with van der Waals surface area (Å²) in [6.07, 6.45) is 1.63. The summed E-state index contributed by atoms with van der Waals surface area (Å²) < 4.78 is 8.64.